The van der Waals surface area contributed by atoms with E-state index < -0.39 is 35.6 Å². The molecule has 1 aliphatic rings. The van der Waals surface area contributed by atoms with Crippen LogP contribution < -0.4 is 5.32 Å². The first-order valence-corrected chi connectivity index (χ1v) is 7.43. The number of alkyl halides is 3. The fourth-order valence-corrected chi connectivity index (χ4v) is 3.12. The van der Waals surface area contributed by atoms with Crippen molar-refractivity contribution in [2.45, 2.75) is 43.7 Å². The SMILES string of the molecule is O=C(O)CNC(=O)C1(c2cccc(C(F)(F)F)c2)CCCCC1. The number of halogens is 3. The molecule has 0 heterocycles. The van der Waals surface area contributed by atoms with Gasteiger partial charge in [-0.3, -0.25) is 9.59 Å². The molecule has 1 saturated carbocycles. The zero-order valence-corrected chi connectivity index (χ0v) is 12.4. The largest absolute Gasteiger partial charge is 0.480 e. The molecule has 4 nitrogen and oxygen atoms in total. The van der Waals surface area contributed by atoms with E-state index in [4.69, 9.17) is 5.11 Å². The minimum atomic E-state index is -4.48. The zero-order valence-electron chi connectivity index (χ0n) is 12.4. The van der Waals surface area contributed by atoms with E-state index >= 15 is 0 Å². The predicted molar refractivity (Wildman–Crippen MR) is 76.9 cm³/mol. The second kappa shape index (κ2) is 6.60. The standard InChI is InChI=1S/C16H18F3NO3/c17-16(18,19)12-6-4-5-11(9-12)15(7-2-1-3-8-15)14(23)20-10-13(21)22/h4-6,9H,1-3,7-8,10H2,(H,20,23)(H,21,22). The number of carboxylic acids is 1. The first-order valence-electron chi connectivity index (χ1n) is 7.43. The fraction of sp³-hybridized carbons (Fsp3) is 0.500. The van der Waals surface area contributed by atoms with Crippen LogP contribution in [-0.2, 0) is 21.2 Å². The van der Waals surface area contributed by atoms with E-state index in [1.165, 1.54) is 12.1 Å². The van der Waals surface area contributed by atoms with Crippen molar-refractivity contribution in [3.63, 3.8) is 0 Å². The molecule has 0 aromatic heterocycles. The number of hydrogen-bond acceptors (Lipinski definition) is 2. The molecule has 1 aromatic rings. The highest BCUT2D eigenvalue weighted by Crippen LogP contribution is 2.41. The van der Waals surface area contributed by atoms with E-state index in [9.17, 15) is 22.8 Å². The van der Waals surface area contributed by atoms with Crippen LogP contribution in [0.2, 0.25) is 0 Å². The molecule has 7 heteroatoms. The molecule has 1 fully saturated rings. The molecule has 0 bridgehead atoms. The van der Waals surface area contributed by atoms with Crippen molar-refractivity contribution >= 4 is 11.9 Å². The molecule has 0 radical (unpaired) electrons. The van der Waals surface area contributed by atoms with Crippen LogP contribution in [0.3, 0.4) is 0 Å². The molecule has 2 N–H and O–H groups in total. The molecule has 1 amide bonds. The Balaban J connectivity index is 2.38. The molecule has 0 spiro atoms. The molecule has 1 aliphatic carbocycles. The summed E-state index contributed by atoms with van der Waals surface area (Å²) in [5.74, 6) is -1.70. The molecule has 0 saturated heterocycles. The molecule has 0 aliphatic heterocycles. The molecule has 1 aromatic carbocycles. The van der Waals surface area contributed by atoms with E-state index in [-0.39, 0.29) is 0 Å². The smallest absolute Gasteiger partial charge is 0.416 e. The van der Waals surface area contributed by atoms with Gasteiger partial charge in [0.2, 0.25) is 5.91 Å². The predicted octanol–water partition coefficient (Wildman–Crippen LogP) is 3.11. The summed E-state index contributed by atoms with van der Waals surface area (Å²) in [6, 6.07) is 4.78. The fourth-order valence-electron chi connectivity index (χ4n) is 3.12. The van der Waals surface area contributed by atoms with Crippen LogP contribution in [0.25, 0.3) is 0 Å². The van der Waals surface area contributed by atoms with Gasteiger partial charge in [0.15, 0.2) is 0 Å². The van der Waals surface area contributed by atoms with Crippen molar-refractivity contribution in [3.05, 3.63) is 35.4 Å². The molecular formula is C16H18F3NO3. The van der Waals surface area contributed by atoms with Gasteiger partial charge in [-0.2, -0.15) is 13.2 Å². The molecular weight excluding hydrogens is 311 g/mol. The number of nitrogens with one attached hydrogen (secondary N) is 1. The quantitative estimate of drug-likeness (QED) is 0.892. The van der Waals surface area contributed by atoms with Crippen molar-refractivity contribution in [3.8, 4) is 0 Å². The van der Waals surface area contributed by atoms with Gasteiger partial charge in [-0.05, 0) is 24.5 Å². The summed E-state index contributed by atoms with van der Waals surface area (Å²) in [4.78, 5) is 23.2. The lowest BCUT2D eigenvalue weighted by atomic mass is 9.68. The van der Waals surface area contributed by atoms with Gasteiger partial charge in [0, 0.05) is 0 Å². The third-order valence-electron chi connectivity index (χ3n) is 4.28. The minimum absolute atomic E-state index is 0.301. The first-order chi connectivity index (χ1) is 10.8. The zero-order chi connectivity index (χ0) is 17.1. The Bertz CT molecular complexity index is 592. The molecule has 0 unspecified atom stereocenters. The van der Waals surface area contributed by atoms with Gasteiger partial charge >= 0.3 is 12.1 Å². The summed E-state index contributed by atoms with van der Waals surface area (Å²) >= 11 is 0. The summed E-state index contributed by atoms with van der Waals surface area (Å²) in [5, 5.41) is 11.0. The maximum absolute atomic E-state index is 12.9. The third kappa shape index (κ3) is 3.83. The van der Waals surface area contributed by atoms with Gasteiger partial charge in [0.1, 0.15) is 6.54 Å². The number of carbonyl (C=O) groups is 2. The lowest BCUT2D eigenvalue weighted by Crippen LogP contribution is -2.47. The maximum Gasteiger partial charge on any atom is 0.416 e. The Kier molecular flexibility index (Phi) is 4.97. The highest BCUT2D eigenvalue weighted by Gasteiger charge is 2.42. The summed E-state index contributed by atoms with van der Waals surface area (Å²) in [5.41, 5.74) is -1.59. The van der Waals surface area contributed by atoms with Crippen molar-refractivity contribution in [2.24, 2.45) is 0 Å². The van der Waals surface area contributed by atoms with Crippen molar-refractivity contribution in [1.29, 1.82) is 0 Å². The van der Waals surface area contributed by atoms with Crippen LogP contribution in [0, 0.1) is 0 Å². The van der Waals surface area contributed by atoms with Crippen molar-refractivity contribution in [2.75, 3.05) is 6.54 Å². The van der Waals surface area contributed by atoms with Gasteiger partial charge in [0.05, 0.1) is 11.0 Å². The van der Waals surface area contributed by atoms with E-state index in [2.05, 4.69) is 5.32 Å². The average molecular weight is 329 g/mol. The monoisotopic (exact) mass is 329 g/mol. The van der Waals surface area contributed by atoms with Gasteiger partial charge in [-0.15, -0.1) is 0 Å². The number of amides is 1. The number of benzene rings is 1. The summed E-state index contributed by atoms with van der Waals surface area (Å²) in [6.45, 7) is -0.542. The van der Waals surface area contributed by atoms with Crippen molar-refractivity contribution < 1.29 is 27.9 Å². The van der Waals surface area contributed by atoms with Crippen LogP contribution >= 0.6 is 0 Å². The molecule has 2 rings (SSSR count). The van der Waals surface area contributed by atoms with Gasteiger partial charge in [0.25, 0.3) is 0 Å². The van der Waals surface area contributed by atoms with Crippen LogP contribution in [0.1, 0.15) is 43.2 Å². The minimum Gasteiger partial charge on any atom is -0.480 e. The third-order valence-corrected chi connectivity index (χ3v) is 4.28. The normalized spacial score (nSPS) is 17.5. The Labute approximate surface area is 131 Å². The van der Waals surface area contributed by atoms with E-state index in [0.29, 0.717) is 18.4 Å². The Morgan fingerprint density at radius 1 is 1.17 bits per heavy atom. The van der Waals surface area contributed by atoms with Crippen LogP contribution in [-0.4, -0.2) is 23.5 Å². The lowest BCUT2D eigenvalue weighted by Gasteiger charge is -2.36. The summed E-state index contributed by atoms with van der Waals surface area (Å²) in [6.07, 6.45) is -1.30. The van der Waals surface area contributed by atoms with E-state index in [1.54, 1.807) is 0 Å². The highest BCUT2D eigenvalue weighted by molar-refractivity contribution is 5.90. The van der Waals surface area contributed by atoms with Gasteiger partial charge in [-0.1, -0.05) is 37.5 Å². The number of rotatable bonds is 4. The first kappa shape index (κ1) is 17.3. The Hall–Kier alpha value is -2.05. The van der Waals surface area contributed by atoms with Crippen molar-refractivity contribution in [1.82, 2.24) is 5.32 Å². The molecule has 0 atom stereocenters. The van der Waals surface area contributed by atoms with E-state index in [0.717, 1.165) is 31.4 Å². The Morgan fingerprint density at radius 2 is 1.83 bits per heavy atom. The van der Waals surface area contributed by atoms with Crippen LogP contribution in [0.5, 0.6) is 0 Å². The molecule has 23 heavy (non-hydrogen) atoms. The molecule has 126 valence electrons. The highest BCUT2D eigenvalue weighted by atomic mass is 19.4. The number of carboxylic acid groups (broad SMARTS) is 1. The number of aliphatic carboxylic acids is 1. The maximum atomic E-state index is 12.9. The summed E-state index contributed by atoms with van der Waals surface area (Å²) < 4.78 is 38.8. The van der Waals surface area contributed by atoms with Gasteiger partial charge in [-0.25, -0.2) is 0 Å². The number of hydrogen-bond donors (Lipinski definition) is 2. The topological polar surface area (TPSA) is 66.4 Å². The second-order valence-electron chi connectivity index (χ2n) is 5.80. The lowest BCUT2D eigenvalue weighted by molar-refractivity contribution is -0.139. The summed E-state index contributed by atoms with van der Waals surface area (Å²) in [7, 11) is 0. The second-order valence-corrected chi connectivity index (χ2v) is 5.80. The van der Waals surface area contributed by atoms with Crippen LogP contribution in [0.4, 0.5) is 13.2 Å². The Morgan fingerprint density at radius 3 is 2.39 bits per heavy atom. The van der Waals surface area contributed by atoms with E-state index in [1.807, 2.05) is 0 Å². The average Bonchev–Trinajstić information content (AvgIpc) is 2.52. The number of carbonyl (C=O) groups excluding carboxylic acids is 1. The van der Waals surface area contributed by atoms with Gasteiger partial charge < -0.3 is 10.4 Å². The van der Waals surface area contributed by atoms with Crippen LogP contribution in [0.15, 0.2) is 24.3 Å².